The lowest BCUT2D eigenvalue weighted by Gasteiger charge is -2.12. The van der Waals surface area contributed by atoms with E-state index in [4.69, 9.17) is 4.74 Å². The summed E-state index contributed by atoms with van der Waals surface area (Å²) in [4.78, 5) is 0. The van der Waals surface area contributed by atoms with Crippen molar-refractivity contribution >= 4 is 0 Å². The third-order valence-corrected chi connectivity index (χ3v) is 3.70. The predicted molar refractivity (Wildman–Crippen MR) is 85.3 cm³/mol. The van der Waals surface area contributed by atoms with E-state index < -0.39 is 0 Å². The molecular formula is C19H24O. The lowest BCUT2D eigenvalue weighted by atomic mass is 9.97. The Labute approximate surface area is 122 Å². The summed E-state index contributed by atoms with van der Waals surface area (Å²) in [6.07, 6.45) is 2.47. The molecule has 0 radical (unpaired) electrons. The van der Waals surface area contributed by atoms with Crippen molar-refractivity contribution in [3.8, 4) is 5.75 Å². The molecule has 0 aliphatic rings. The molecule has 1 atom stereocenters. The molecule has 0 aliphatic carbocycles. The largest absolute Gasteiger partial charge is 0.489 e. The fourth-order valence-corrected chi connectivity index (χ4v) is 2.34. The second kappa shape index (κ2) is 7.14. The van der Waals surface area contributed by atoms with Crippen molar-refractivity contribution in [3.05, 3.63) is 65.2 Å². The number of hydrogen-bond acceptors (Lipinski definition) is 1. The molecule has 0 spiro atoms. The summed E-state index contributed by atoms with van der Waals surface area (Å²) in [7, 11) is 0. The zero-order valence-electron chi connectivity index (χ0n) is 12.7. The molecule has 20 heavy (non-hydrogen) atoms. The molecule has 2 aromatic carbocycles. The topological polar surface area (TPSA) is 9.23 Å². The number of ether oxygens (including phenoxy) is 1. The van der Waals surface area contributed by atoms with Crippen LogP contribution < -0.4 is 4.74 Å². The summed E-state index contributed by atoms with van der Waals surface area (Å²) >= 11 is 0. The second-order valence-corrected chi connectivity index (χ2v) is 5.53. The molecule has 0 bridgehead atoms. The van der Waals surface area contributed by atoms with Crippen LogP contribution in [-0.4, -0.2) is 0 Å². The molecule has 1 heteroatoms. The van der Waals surface area contributed by atoms with E-state index in [0.29, 0.717) is 12.5 Å². The van der Waals surface area contributed by atoms with Crippen LogP contribution in [0.4, 0.5) is 0 Å². The third kappa shape index (κ3) is 4.12. The van der Waals surface area contributed by atoms with E-state index in [1.54, 1.807) is 0 Å². The summed E-state index contributed by atoms with van der Waals surface area (Å²) in [5.41, 5.74) is 3.89. The average Bonchev–Trinajstić information content (AvgIpc) is 2.47. The van der Waals surface area contributed by atoms with Crippen molar-refractivity contribution in [1.82, 2.24) is 0 Å². The molecule has 0 aliphatic heterocycles. The summed E-state index contributed by atoms with van der Waals surface area (Å²) < 4.78 is 5.83. The van der Waals surface area contributed by atoms with Crippen LogP contribution in [-0.2, 0) is 6.61 Å². The highest BCUT2D eigenvalue weighted by Gasteiger charge is 2.04. The van der Waals surface area contributed by atoms with Gasteiger partial charge in [0.25, 0.3) is 0 Å². The highest BCUT2D eigenvalue weighted by molar-refractivity contribution is 5.29. The van der Waals surface area contributed by atoms with Gasteiger partial charge in [-0.1, -0.05) is 62.2 Å². The molecular weight excluding hydrogens is 244 g/mol. The quantitative estimate of drug-likeness (QED) is 0.674. The lowest BCUT2D eigenvalue weighted by Crippen LogP contribution is -1.96. The van der Waals surface area contributed by atoms with Gasteiger partial charge in [-0.05, 0) is 42.5 Å². The van der Waals surface area contributed by atoms with Crippen LogP contribution in [0.1, 0.15) is 49.3 Å². The zero-order valence-corrected chi connectivity index (χ0v) is 12.7. The van der Waals surface area contributed by atoms with Gasteiger partial charge >= 0.3 is 0 Å². The van der Waals surface area contributed by atoms with E-state index in [-0.39, 0.29) is 0 Å². The number of aryl methyl sites for hydroxylation is 1. The van der Waals surface area contributed by atoms with Gasteiger partial charge in [0.05, 0.1) is 0 Å². The Morgan fingerprint density at radius 3 is 2.20 bits per heavy atom. The Hall–Kier alpha value is -1.76. The van der Waals surface area contributed by atoms with Crippen molar-refractivity contribution in [2.24, 2.45) is 0 Å². The van der Waals surface area contributed by atoms with Crippen molar-refractivity contribution in [1.29, 1.82) is 0 Å². The van der Waals surface area contributed by atoms with E-state index in [2.05, 4.69) is 69.3 Å². The van der Waals surface area contributed by atoms with Gasteiger partial charge in [-0.2, -0.15) is 0 Å². The van der Waals surface area contributed by atoms with Gasteiger partial charge in [0.2, 0.25) is 0 Å². The highest BCUT2D eigenvalue weighted by Crippen LogP contribution is 2.23. The minimum absolute atomic E-state index is 0.629. The van der Waals surface area contributed by atoms with E-state index in [1.807, 2.05) is 0 Å². The first-order chi connectivity index (χ1) is 9.69. The van der Waals surface area contributed by atoms with Crippen molar-refractivity contribution in [2.45, 2.75) is 46.1 Å². The Morgan fingerprint density at radius 1 is 0.950 bits per heavy atom. The molecule has 0 saturated carbocycles. The van der Waals surface area contributed by atoms with Crippen LogP contribution in [0.2, 0.25) is 0 Å². The third-order valence-electron chi connectivity index (χ3n) is 3.70. The molecule has 0 fully saturated rings. The molecule has 2 rings (SSSR count). The van der Waals surface area contributed by atoms with E-state index in [1.165, 1.54) is 29.5 Å². The molecule has 1 nitrogen and oxygen atoms in total. The maximum atomic E-state index is 5.83. The minimum atomic E-state index is 0.629. The molecule has 0 heterocycles. The predicted octanol–water partition coefficient (Wildman–Crippen LogP) is 5.48. The summed E-state index contributed by atoms with van der Waals surface area (Å²) in [6.45, 7) is 7.24. The first-order valence-corrected chi connectivity index (χ1v) is 7.47. The SMILES string of the molecule is CCC[C@H](C)c1ccc(OCc2ccc(C)cc2)cc1. The molecule has 0 saturated heterocycles. The Morgan fingerprint density at radius 2 is 1.60 bits per heavy atom. The van der Waals surface area contributed by atoms with Crippen LogP contribution in [0.5, 0.6) is 5.75 Å². The summed E-state index contributed by atoms with van der Waals surface area (Å²) in [5.74, 6) is 1.57. The lowest BCUT2D eigenvalue weighted by molar-refractivity contribution is 0.306. The Kier molecular flexibility index (Phi) is 5.23. The highest BCUT2D eigenvalue weighted by atomic mass is 16.5. The number of rotatable bonds is 6. The maximum absolute atomic E-state index is 5.83. The smallest absolute Gasteiger partial charge is 0.119 e. The van der Waals surface area contributed by atoms with Crippen LogP contribution >= 0.6 is 0 Å². The van der Waals surface area contributed by atoms with Crippen LogP contribution in [0, 0.1) is 6.92 Å². The first kappa shape index (κ1) is 14.6. The van der Waals surface area contributed by atoms with Gasteiger partial charge < -0.3 is 4.74 Å². The van der Waals surface area contributed by atoms with Crippen molar-refractivity contribution in [3.63, 3.8) is 0 Å². The van der Waals surface area contributed by atoms with Gasteiger partial charge in [-0.15, -0.1) is 0 Å². The molecule has 106 valence electrons. The van der Waals surface area contributed by atoms with Gasteiger partial charge in [-0.25, -0.2) is 0 Å². The van der Waals surface area contributed by atoms with Crippen molar-refractivity contribution in [2.75, 3.05) is 0 Å². The van der Waals surface area contributed by atoms with Gasteiger partial charge in [0.1, 0.15) is 12.4 Å². The second-order valence-electron chi connectivity index (χ2n) is 5.53. The first-order valence-electron chi connectivity index (χ1n) is 7.47. The van der Waals surface area contributed by atoms with Gasteiger partial charge in [0, 0.05) is 0 Å². The monoisotopic (exact) mass is 268 g/mol. The standard InChI is InChI=1S/C19H24O/c1-4-5-16(3)18-10-12-19(13-11-18)20-14-17-8-6-15(2)7-9-17/h6-13,16H,4-5,14H2,1-3H3/t16-/m0/s1. The van der Waals surface area contributed by atoms with E-state index in [9.17, 15) is 0 Å². The molecule has 0 N–H and O–H groups in total. The molecule has 2 aromatic rings. The maximum Gasteiger partial charge on any atom is 0.119 e. The fourth-order valence-electron chi connectivity index (χ4n) is 2.34. The van der Waals surface area contributed by atoms with Crippen molar-refractivity contribution < 1.29 is 4.74 Å². The molecule has 0 amide bonds. The summed E-state index contributed by atoms with van der Waals surface area (Å²) in [6, 6.07) is 17.0. The Balaban J connectivity index is 1.92. The van der Waals surface area contributed by atoms with Crippen LogP contribution in [0.15, 0.2) is 48.5 Å². The Bertz CT molecular complexity index is 510. The van der Waals surface area contributed by atoms with Gasteiger partial charge in [0.15, 0.2) is 0 Å². The zero-order chi connectivity index (χ0) is 14.4. The average molecular weight is 268 g/mol. The van der Waals surface area contributed by atoms with Gasteiger partial charge in [-0.3, -0.25) is 0 Å². The van der Waals surface area contributed by atoms with Crippen LogP contribution in [0.25, 0.3) is 0 Å². The molecule has 0 aromatic heterocycles. The summed E-state index contributed by atoms with van der Waals surface area (Å²) in [5, 5.41) is 0. The normalized spacial score (nSPS) is 12.2. The number of benzene rings is 2. The minimum Gasteiger partial charge on any atom is -0.489 e. The van der Waals surface area contributed by atoms with E-state index in [0.717, 1.165) is 5.75 Å². The van der Waals surface area contributed by atoms with E-state index >= 15 is 0 Å². The van der Waals surface area contributed by atoms with Crippen LogP contribution in [0.3, 0.4) is 0 Å². The molecule has 0 unspecified atom stereocenters. The fraction of sp³-hybridized carbons (Fsp3) is 0.368. The number of hydrogen-bond donors (Lipinski definition) is 0.